The van der Waals surface area contributed by atoms with Crippen molar-refractivity contribution in [2.24, 2.45) is 5.41 Å². The molecule has 1 spiro atoms. The van der Waals surface area contributed by atoms with E-state index in [0.717, 1.165) is 26.1 Å². The van der Waals surface area contributed by atoms with Crippen LogP contribution in [0.25, 0.3) is 0 Å². The normalized spacial score (nSPS) is 27.7. The number of carbonyl (C=O) groups is 1. The Kier molecular flexibility index (Phi) is 4.73. The lowest BCUT2D eigenvalue weighted by Gasteiger charge is -2.60. The molecule has 0 saturated carbocycles. The van der Waals surface area contributed by atoms with E-state index >= 15 is 0 Å². The average Bonchev–Trinajstić information content (AvgIpc) is 2.40. The highest BCUT2D eigenvalue weighted by molar-refractivity contribution is 5.88. The molecular weight excluding hydrogens is 290 g/mol. The number of likely N-dealkylation sites (tertiary alicyclic amines) is 1. The maximum absolute atomic E-state index is 12.4. The Morgan fingerprint density at radius 1 is 1.09 bits per heavy atom. The SMILES string of the molecule is C=CC(=O)N1C(C)(C)CC2(CC1(C)C)OCC(C)(CCC)CO2. The molecule has 4 heteroatoms. The number of amides is 1. The van der Waals surface area contributed by atoms with Crippen LogP contribution in [0.5, 0.6) is 0 Å². The quantitative estimate of drug-likeness (QED) is 0.739. The standard InChI is InChI=1S/C19H33NO3/c1-8-10-18(7)13-22-19(23-14-18)11-16(3,4)20(15(21)9-2)17(5,6)12-19/h9H,2,8,10-14H2,1,3-7H3. The number of nitrogens with zero attached hydrogens (tertiary/aromatic N) is 1. The van der Waals surface area contributed by atoms with Gasteiger partial charge in [-0.15, -0.1) is 0 Å². The van der Waals surface area contributed by atoms with Gasteiger partial charge in [-0.3, -0.25) is 4.79 Å². The summed E-state index contributed by atoms with van der Waals surface area (Å²) < 4.78 is 12.6. The summed E-state index contributed by atoms with van der Waals surface area (Å²) in [4.78, 5) is 14.3. The summed E-state index contributed by atoms with van der Waals surface area (Å²) in [5.41, 5.74) is -0.584. The molecule has 0 radical (unpaired) electrons. The van der Waals surface area contributed by atoms with E-state index in [1.54, 1.807) is 0 Å². The summed E-state index contributed by atoms with van der Waals surface area (Å²) in [6.45, 7) is 17.9. The molecule has 0 N–H and O–H groups in total. The van der Waals surface area contributed by atoms with E-state index in [1.807, 2.05) is 4.90 Å². The Bertz CT molecular complexity index is 453. The van der Waals surface area contributed by atoms with Crippen molar-refractivity contribution in [2.45, 2.75) is 84.1 Å². The minimum atomic E-state index is -0.585. The van der Waals surface area contributed by atoms with Crippen LogP contribution >= 0.6 is 0 Å². The third kappa shape index (κ3) is 3.48. The molecule has 0 bridgehead atoms. The van der Waals surface area contributed by atoms with Crippen LogP contribution in [0, 0.1) is 5.41 Å². The maximum Gasteiger partial charge on any atom is 0.246 e. The number of carbonyl (C=O) groups excluding carboxylic acids is 1. The van der Waals surface area contributed by atoms with E-state index in [-0.39, 0.29) is 22.4 Å². The largest absolute Gasteiger partial charge is 0.349 e. The lowest BCUT2D eigenvalue weighted by molar-refractivity contribution is -0.338. The predicted molar refractivity (Wildman–Crippen MR) is 92.1 cm³/mol. The number of hydrogen-bond acceptors (Lipinski definition) is 3. The zero-order valence-corrected chi connectivity index (χ0v) is 15.7. The van der Waals surface area contributed by atoms with Crippen LogP contribution in [0.15, 0.2) is 12.7 Å². The van der Waals surface area contributed by atoms with Crippen molar-refractivity contribution in [1.29, 1.82) is 0 Å². The summed E-state index contributed by atoms with van der Waals surface area (Å²) in [6, 6.07) is 0. The Morgan fingerprint density at radius 3 is 1.96 bits per heavy atom. The lowest BCUT2D eigenvalue weighted by Crippen LogP contribution is -2.69. The van der Waals surface area contributed by atoms with Crippen LogP contribution in [0.1, 0.15) is 67.2 Å². The van der Waals surface area contributed by atoms with Crippen LogP contribution in [0.4, 0.5) is 0 Å². The molecule has 2 rings (SSSR count). The first-order chi connectivity index (χ1) is 10.5. The second-order valence-corrected chi connectivity index (χ2v) is 8.90. The molecule has 1 amide bonds. The van der Waals surface area contributed by atoms with Crippen LogP contribution < -0.4 is 0 Å². The molecule has 0 aromatic carbocycles. The molecule has 2 aliphatic rings. The summed E-state index contributed by atoms with van der Waals surface area (Å²) in [5, 5.41) is 0. The Morgan fingerprint density at radius 2 is 1.57 bits per heavy atom. The highest BCUT2D eigenvalue weighted by Gasteiger charge is 2.57. The third-order valence-corrected chi connectivity index (χ3v) is 5.23. The molecule has 2 saturated heterocycles. The maximum atomic E-state index is 12.4. The summed E-state index contributed by atoms with van der Waals surface area (Å²) in [7, 11) is 0. The molecule has 0 aliphatic carbocycles. The number of piperidine rings is 1. The van der Waals surface area contributed by atoms with E-state index in [0.29, 0.717) is 12.8 Å². The van der Waals surface area contributed by atoms with Crippen LogP contribution in [-0.4, -0.2) is 40.9 Å². The van der Waals surface area contributed by atoms with Crippen LogP contribution in [0.2, 0.25) is 0 Å². The molecular formula is C19H33NO3. The van der Waals surface area contributed by atoms with E-state index < -0.39 is 5.79 Å². The fraction of sp³-hybridized carbons (Fsp3) is 0.842. The molecule has 0 aromatic heterocycles. The smallest absolute Gasteiger partial charge is 0.246 e. The van der Waals surface area contributed by atoms with E-state index in [2.05, 4.69) is 48.1 Å². The topological polar surface area (TPSA) is 38.8 Å². The average molecular weight is 323 g/mol. The van der Waals surface area contributed by atoms with Gasteiger partial charge in [-0.25, -0.2) is 0 Å². The second kappa shape index (κ2) is 5.89. The third-order valence-electron chi connectivity index (χ3n) is 5.23. The molecule has 132 valence electrons. The van der Waals surface area contributed by atoms with Crippen molar-refractivity contribution >= 4 is 5.91 Å². The van der Waals surface area contributed by atoms with Crippen molar-refractivity contribution in [1.82, 2.24) is 4.90 Å². The van der Waals surface area contributed by atoms with E-state index in [9.17, 15) is 4.79 Å². The second-order valence-electron chi connectivity index (χ2n) is 8.90. The van der Waals surface area contributed by atoms with Crippen molar-refractivity contribution in [2.75, 3.05) is 13.2 Å². The van der Waals surface area contributed by atoms with Crippen molar-refractivity contribution in [3.05, 3.63) is 12.7 Å². The molecule has 0 unspecified atom stereocenters. The number of ether oxygens (including phenoxy) is 2. The Hall–Kier alpha value is -0.870. The molecule has 2 aliphatic heterocycles. The first kappa shape index (κ1) is 18.5. The Labute approximate surface area is 141 Å². The van der Waals surface area contributed by atoms with E-state index in [4.69, 9.17) is 9.47 Å². The van der Waals surface area contributed by atoms with Gasteiger partial charge in [-0.2, -0.15) is 0 Å². The van der Waals surface area contributed by atoms with Gasteiger partial charge < -0.3 is 14.4 Å². The molecule has 0 atom stereocenters. The van der Waals surface area contributed by atoms with Crippen molar-refractivity contribution in [3.8, 4) is 0 Å². The fourth-order valence-electron chi connectivity index (χ4n) is 4.69. The van der Waals surface area contributed by atoms with Crippen molar-refractivity contribution < 1.29 is 14.3 Å². The van der Waals surface area contributed by atoms with Gasteiger partial charge in [-0.05, 0) is 40.2 Å². The zero-order valence-electron chi connectivity index (χ0n) is 15.7. The summed E-state index contributed by atoms with van der Waals surface area (Å²) in [5.74, 6) is -0.612. The Balaban J connectivity index is 2.23. The minimum Gasteiger partial charge on any atom is -0.349 e. The lowest BCUT2D eigenvalue weighted by atomic mass is 9.74. The van der Waals surface area contributed by atoms with Gasteiger partial charge >= 0.3 is 0 Å². The monoisotopic (exact) mass is 323 g/mol. The first-order valence-electron chi connectivity index (χ1n) is 8.74. The highest BCUT2D eigenvalue weighted by atomic mass is 16.7. The van der Waals surface area contributed by atoms with Gasteiger partial charge in [0.05, 0.1) is 13.2 Å². The number of hydrogen-bond donors (Lipinski definition) is 0. The van der Waals surface area contributed by atoms with Gasteiger partial charge in [0.2, 0.25) is 5.91 Å². The molecule has 0 aromatic rings. The first-order valence-corrected chi connectivity index (χ1v) is 8.74. The van der Waals surface area contributed by atoms with Gasteiger partial charge in [-0.1, -0.05) is 26.8 Å². The molecule has 2 fully saturated rings. The zero-order chi connectivity index (χ0) is 17.5. The number of rotatable bonds is 3. The highest BCUT2D eigenvalue weighted by Crippen LogP contribution is 2.49. The molecule has 2 heterocycles. The van der Waals surface area contributed by atoms with Crippen LogP contribution in [0.3, 0.4) is 0 Å². The molecule has 23 heavy (non-hydrogen) atoms. The van der Waals surface area contributed by atoms with E-state index in [1.165, 1.54) is 6.08 Å². The van der Waals surface area contributed by atoms with Gasteiger partial charge in [0.1, 0.15) is 0 Å². The minimum absolute atomic E-state index is 0.0264. The van der Waals surface area contributed by atoms with Crippen LogP contribution in [-0.2, 0) is 14.3 Å². The van der Waals surface area contributed by atoms with Gasteiger partial charge in [0.25, 0.3) is 0 Å². The van der Waals surface area contributed by atoms with Gasteiger partial charge in [0, 0.05) is 29.3 Å². The summed E-state index contributed by atoms with van der Waals surface area (Å²) >= 11 is 0. The van der Waals surface area contributed by atoms with Crippen molar-refractivity contribution in [3.63, 3.8) is 0 Å². The summed E-state index contributed by atoms with van der Waals surface area (Å²) in [6.07, 6.45) is 5.02. The molecule has 4 nitrogen and oxygen atoms in total. The predicted octanol–water partition coefficient (Wildman–Crippen LogP) is 3.90. The fourth-order valence-corrected chi connectivity index (χ4v) is 4.69. The van der Waals surface area contributed by atoms with Gasteiger partial charge in [0.15, 0.2) is 5.79 Å².